The summed E-state index contributed by atoms with van der Waals surface area (Å²) in [7, 11) is 0. The van der Waals surface area contributed by atoms with E-state index >= 15 is 0 Å². The normalized spacial score (nSPS) is 12.4. The molecule has 0 fully saturated rings. The van der Waals surface area contributed by atoms with Gasteiger partial charge in [-0.2, -0.15) is 0 Å². The van der Waals surface area contributed by atoms with Crippen molar-refractivity contribution in [1.29, 1.82) is 0 Å². The average Bonchev–Trinajstić information content (AvgIpc) is 3.13. The van der Waals surface area contributed by atoms with E-state index in [0.29, 0.717) is 34.7 Å². The van der Waals surface area contributed by atoms with Gasteiger partial charge >= 0.3 is 0 Å². The van der Waals surface area contributed by atoms with Gasteiger partial charge in [-0.3, -0.25) is 39.5 Å². The SMILES string of the molecule is O=C1c2ccccc2C(=O)N1CCCCN(C(=O)c1cc([N+](=O)[O-])cc([N+](=O)[O-])c1)c1ccc(Cl)cc1. The van der Waals surface area contributed by atoms with Crippen molar-refractivity contribution in [2.75, 3.05) is 18.0 Å². The lowest BCUT2D eigenvalue weighted by Crippen LogP contribution is -2.34. The fraction of sp³-hybridized carbons (Fsp3) is 0.160. The summed E-state index contributed by atoms with van der Waals surface area (Å²) in [5.41, 5.74) is -0.283. The molecule has 37 heavy (non-hydrogen) atoms. The first-order valence-corrected chi connectivity index (χ1v) is 11.5. The van der Waals surface area contributed by atoms with Crippen LogP contribution >= 0.6 is 11.6 Å². The molecule has 0 radical (unpaired) electrons. The van der Waals surface area contributed by atoms with E-state index in [9.17, 15) is 34.6 Å². The second kappa shape index (κ2) is 10.5. The molecule has 0 bridgehead atoms. The molecule has 0 aromatic heterocycles. The zero-order chi connectivity index (χ0) is 26.7. The lowest BCUT2D eigenvalue weighted by Gasteiger charge is -2.23. The summed E-state index contributed by atoms with van der Waals surface area (Å²) in [5.74, 6) is -1.44. The molecule has 0 unspecified atom stereocenters. The third-order valence-electron chi connectivity index (χ3n) is 5.85. The van der Waals surface area contributed by atoms with Crippen molar-refractivity contribution < 1.29 is 24.2 Å². The number of carbonyl (C=O) groups excluding carboxylic acids is 3. The Morgan fingerprint density at radius 2 is 1.38 bits per heavy atom. The highest BCUT2D eigenvalue weighted by atomic mass is 35.5. The predicted octanol–water partition coefficient (Wildman–Crippen LogP) is 4.88. The third-order valence-corrected chi connectivity index (χ3v) is 6.10. The molecule has 0 aliphatic carbocycles. The molecule has 11 nitrogen and oxygen atoms in total. The number of non-ortho nitro benzene ring substituents is 2. The smallest absolute Gasteiger partial charge is 0.277 e. The number of anilines is 1. The zero-order valence-corrected chi connectivity index (χ0v) is 20.0. The minimum atomic E-state index is -0.807. The number of halogens is 1. The largest absolute Gasteiger partial charge is 0.308 e. The molecule has 188 valence electrons. The van der Waals surface area contributed by atoms with Crippen LogP contribution in [0.3, 0.4) is 0 Å². The van der Waals surface area contributed by atoms with Gasteiger partial charge in [0.15, 0.2) is 0 Å². The van der Waals surface area contributed by atoms with E-state index in [2.05, 4.69) is 0 Å². The number of amides is 3. The molecule has 1 aliphatic rings. The second-order valence-corrected chi connectivity index (χ2v) is 8.64. The highest BCUT2D eigenvalue weighted by Gasteiger charge is 2.34. The Labute approximate surface area is 215 Å². The molecule has 1 heterocycles. The highest BCUT2D eigenvalue weighted by molar-refractivity contribution is 6.30. The maximum atomic E-state index is 13.4. The van der Waals surface area contributed by atoms with Gasteiger partial charge in [-0.1, -0.05) is 23.7 Å². The molecule has 3 aromatic carbocycles. The number of nitro benzene ring substituents is 2. The summed E-state index contributed by atoms with van der Waals surface area (Å²) in [5, 5.41) is 23.0. The average molecular weight is 523 g/mol. The summed E-state index contributed by atoms with van der Waals surface area (Å²) < 4.78 is 0. The minimum Gasteiger partial charge on any atom is -0.308 e. The molecule has 1 aliphatic heterocycles. The topological polar surface area (TPSA) is 144 Å². The van der Waals surface area contributed by atoms with E-state index in [1.165, 1.54) is 4.90 Å². The van der Waals surface area contributed by atoms with Gasteiger partial charge in [0.25, 0.3) is 29.1 Å². The first-order chi connectivity index (χ1) is 17.7. The van der Waals surface area contributed by atoms with E-state index in [1.54, 1.807) is 48.5 Å². The number of nitrogens with zero attached hydrogens (tertiary/aromatic N) is 4. The van der Waals surface area contributed by atoms with E-state index in [4.69, 9.17) is 11.6 Å². The number of carbonyl (C=O) groups is 3. The van der Waals surface area contributed by atoms with Gasteiger partial charge in [0.1, 0.15) is 0 Å². The Balaban J connectivity index is 1.53. The molecule has 0 spiro atoms. The van der Waals surface area contributed by atoms with E-state index in [0.717, 1.165) is 23.1 Å². The summed E-state index contributed by atoms with van der Waals surface area (Å²) in [6.07, 6.45) is 0.733. The van der Waals surface area contributed by atoms with Crippen molar-refractivity contribution in [1.82, 2.24) is 4.90 Å². The number of rotatable bonds is 9. The zero-order valence-electron chi connectivity index (χ0n) is 19.2. The number of fused-ring (bicyclic) bond motifs is 1. The minimum absolute atomic E-state index is 0.111. The summed E-state index contributed by atoms with van der Waals surface area (Å²) in [4.78, 5) is 62.0. The maximum absolute atomic E-state index is 13.4. The Kier molecular flexibility index (Phi) is 7.25. The van der Waals surface area contributed by atoms with Crippen LogP contribution in [0.25, 0.3) is 0 Å². The standard InChI is InChI=1S/C25H19ClN4O7/c26-17-7-9-18(10-8-17)27(23(31)16-13-19(29(34)35)15-20(14-16)30(36)37)11-3-4-12-28-24(32)21-5-1-2-6-22(21)25(28)33/h1-2,5-10,13-15H,3-4,11-12H2. The molecule has 0 saturated heterocycles. The third kappa shape index (κ3) is 5.31. The van der Waals surface area contributed by atoms with Crippen LogP contribution < -0.4 is 4.90 Å². The molecule has 0 saturated carbocycles. The number of benzene rings is 3. The predicted molar refractivity (Wildman–Crippen MR) is 134 cm³/mol. The molecular weight excluding hydrogens is 504 g/mol. The van der Waals surface area contributed by atoms with Crippen LogP contribution in [0.15, 0.2) is 66.7 Å². The first kappa shape index (κ1) is 25.5. The number of nitro groups is 2. The lowest BCUT2D eigenvalue weighted by molar-refractivity contribution is -0.394. The fourth-order valence-electron chi connectivity index (χ4n) is 4.04. The number of imide groups is 1. The van der Waals surface area contributed by atoms with Crippen molar-refractivity contribution in [3.63, 3.8) is 0 Å². The fourth-order valence-corrected chi connectivity index (χ4v) is 4.16. The quantitative estimate of drug-likeness (QED) is 0.168. The number of unbranched alkanes of at least 4 members (excludes halogenated alkanes) is 1. The molecule has 4 rings (SSSR count). The van der Waals surface area contributed by atoms with Crippen LogP contribution in [0.5, 0.6) is 0 Å². The Morgan fingerprint density at radius 1 is 0.838 bits per heavy atom. The molecule has 3 amide bonds. The van der Waals surface area contributed by atoms with E-state index in [-0.39, 0.29) is 30.5 Å². The van der Waals surface area contributed by atoms with Gasteiger partial charge in [-0.25, -0.2) is 0 Å². The van der Waals surface area contributed by atoms with Crippen LogP contribution in [0, 0.1) is 20.2 Å². The van der Waals surface area contributed by atoms with Crippen molar-refractivity contribution in [3.8, 4) is 0 Å². The van der Waals surface area contributed by atoms with Gasteiger partial charge in [0.05, 0.1) is 32.6 Å². The van der Waals surface area contributed by atoms with Crippen molar-refractivity contribution >= 4 is 46.4 Å². The van der Waals surface area contributed by atoms with Crippen molar-refractivity contribution in [3.05, 3.63) is 109 Å². The molecule has 0 atom stereocenters. The Hall–Kier alpha value is -4.64. The lowest BCUT2D eigenvalue weighted by atomic mass is 10.1. The van der Waals surface area contributed by atoms with E-state index < -0.39 is 27.1 Å². The molecule has 12 heteroatoms. The summed E-state index contributed by atoms with van der Waals surface area (Å²) in [6.45, 7) is 0.247. The van der Waals surface area contributed by atoms with Gasteiger partial charge < -0.3 is 4.90 Å². The molecular formula is C25H19ClN4O7. The van der Waals surface area contributed by atoms with Crippen molar-refractivity contribution in [2.45, 2.75) is 12.8 Å². The monoisotopic (exact) mass is 522 g/mol. The molecule has 3 aromatic rings. The van der Waals surface area contributed by atoms with Gasteiger partial charge in [-0.15, -0.1) is 0 Å². The van der Waals surface area contributed by atoms with Gasteiger partial charge in [-0.05, 0) is 49.2 Å². The Bertz CT molecular complexity index is 1360. The number of hydrogen-bond donors (Lipinski definition) is 0. The molecule has 0 N–H and O–H groups in total. The maximum Gasteiger partial charge on any atom is 0.277 e. The van der Waals surface area contributed by atoms with Crippen LogP contribution in [0.4, 0.5) is 17.1 Å². The second-order valence-electron chi connectivity index (χ2n) is 8.20. The summed E-state index contributed by atoms with van der Waals surface area (Å²) >= 11 is 5.97. The van der Waals surface area contributed by atoms with Crippen LogP contribution in [-0.4, -0.2) is 45.6 Å². The van der Waals surface area contributed by atoms with Crippen LogP contribution in [0.2, 0.25) is 5.02 Å². The number of hydrogen-bond acceptors (Lipinski definition) is 7. The Morgan fingerprint density at radius 3 is 1.89 bits per heavy atom. The van der Waals surface area contributed by atoms with Gasteiger partial charge in [0, 0.05) is 35.9 Å². The van der Waals surface area contributed by atoms with E-state index in [1.807, 2.05) is 0 Å². The van der Waals surface area contributed by atoms with Crippen LogP contribution in [0.1, 0.15) is 43.9 Å². The van der Waals surface area contributed by atoms with Crippen molar-refractivity contribution in [2.24, 2.45) is 0 Å². The van der Waals surface area contributed by atoms with Gasteiger partial charge in [0.2, 0.25) is 0 Å². The van der Waals surface area contributed by atoms with Crippen LogP contribution in [-0.2, 0) is 0 Å². The summed E-state index contributed by atoms with van der Waals surface area (Å²) in [6, 6.07) is 15.6. The highest BCUT2D eigenvalue weighted by Crippen LogP contribution is 2.27. The first-order valence-electron chi connectivity index (χ1n) is 11.1.